The first-order valence-corrected chi connectivity index (χ1v) is 5.36. The van der Waals surface area contributed by atoms with Crippen molar-refractivity contribution in [1.82, 2.24) is 10.6 Å². The lowest BCUT2D eigenvalue weighted by Gasteiger charge is -2.06. The molecule has 0 heterocycles. The molecule has 1 rings (SSSR count). The molecule has 0 aliphatic heterocycles. The maximum atomic E-state index is 10.6. The van der Waals surface area contributed by atoms with Gasteiger partial charge in [0.1, 0.15) is 0 Å². The van der Waals surface area contributed by atoms with Crippen LogP contribution in [-0.2, 0) is 17.9 Å². The predicted molar refractivity (Wildman–Crippen MR) is 62.8 cm³/mol. The molecule has 1 aromatic carbocycles. The largest absolute Gasteiger partial charge is 0.392 e. The molecular formula is C12H18N2O2. The highest BCUT2D eigenvalue weighted by Gasteiger charge is 1.95. The normalized spacial score (nSPS) is 10.1. The Bertz CT molecular complexity index is 340. The van der Waals surface area contributed by atoms with E-state index < -0.39 is 0 Å². The number of aliphatic hydroxyl groups is 1. The fourth-order valence-corrected chi connectivity index (χ4v) is 1.40. The average Bonchev–Trinajstić information content (AvgIpc) is 2.28. The number of aliphatic hydroxyl groups excluding tert-OH is 1. The zero-order valence-corrected chi connectivity index (χ0v) is 9.49. The van der Waals surface area contributed by atoms with Crippen LogP contribution in [0.2, 0.25) is 0 Å². The molecule has 0 aromatic heterocycles. The molecule has 0 radical (unpaired) electrons. The van der Waals surface area contributed by atoms with Crippen molar-refractivity contribution in [2.45, 2.75) is 20.1 Å². The molecule has 88 valence electrons. The molecule has 0 unspecified atom stereocenters. The molecule has 1 aromatic rings. The van der Waals surface area contributed by atoms with E-state index in [2.05, 4.69) is 10.6 Å². The monoisotopic (exact) mass is 222 g/mol. The number of hydrogen-bond donors (Lipinski definition) is 3. The van der Waals surface area contributed by atoms with Gasteiger partial charge in [-0.15, -0.1) is 0 Å². The maximum Gasteiger partial charge on any atom is 0.216 e. The Morgan fingerprint density at radius 1 is 1.31 bits per heavy atom. The van der Waals surface area contributed by atoms with Gasteiger partial charge in [0.15, 0.2) is 0 Å². The summed E-state index contributed by atoms with van der Waals surface area (Å²) >= 11 is 0. The van der Waals surface area contributed by atoms with Gasteiger partial charge in [-0.1, -0.05) is 24.3 Å². The summed E-state index contributed by atoms with van der Waals surface area (Å²) in [6, 6.07) is 7.78. The van der Waals surface area contributed by atoms with Crippen LogP contribution < -0.4 is 10.6 Å². The third kappa shape index (κ3) is 4.91. The van der Waals surface area contributed by atoms with Crippen molar-refractivity contribution in [3.05, 3.63) is 35.4 Å². The molecule has 0 saturated heterocycles. The summed E-state index contributed by atoms with van der Waals surface area (Å²) in [5.74, 6) is -0.0101. The standard InChI is InChI=1S/C12H18N2O2/c1-10(16)14-6-5-13-8-11-3-2-4-12(7-11)9-15/h2-4,7,13,15H,5-6,8-9H2,1H3,(H,14,16). The molecule has 16 heavy (non-hydrogen) atoms. The first-order chi connectivity index (χ1) is 7.72. The van der Waals surface area contributed by atoms with Crippen molar-refractivity contribution in [2.24, 2.45) is 0 Å². The summed E-state index contributed by atoms with van der Waals surface area (Å²) in [6.45, 7) is 3.69. The summed E-state index contributed by atoms with van der Waals surface area (Å²) in [6.07, 6.45) is 0. The van der Waals surface area contributed by atoms with Gasteiger partial charge in [-0.25, -0.2) is 0 Å². The fraction of sp³-hybridized carbons (Fsp3) is 0.417. The van der Waals surface area contributed by atoms with E-state index in [1.54, 1.807) is 0 Å². The quantitative estimate of drug-likeness (QED) is 0.611. The smallest absolute Gasteiger partial charge is 0.216 e. The molecule has 0 spiro atoms. The number of benzene rings is 1. The van der Waals surface area contributed by atoms with Crippen LogP contribution in [-0.4, -0.2) is 24.1 Å². The second-order valence-electron chi connectivity index (χ2n) is 3.64. The van der Waals surface area contributed by atoms with E-state index in [4.69, 9.17) is 5.11 Å². The number of rotatable bonds is 6. The van der Waals surface area contributed by atoms with Crippen molar-refractivity contribution in [3.8, 4) is 0 Å². The molecule has 0 bridgehead atoms. The predicted octanol–water partition coefficient (Wildman–Crippen LogP) is 0.405. The topological polar surface area (TPSA) is 61.4 Å². The van der Waals surface area contributed by atoms with E-state index in [0.717, 1.165) is 24.2 Å². The minimum Gasteiger partial charge on any atom is -0.392 e. The lowest BCUT2D eigenvalue weighted by atomic mass is 10.1. The molecular weight excluding hydrogens is 204 g/mol. The summed E-state index contributed by atoms with van der Waals surface area (Å²) in [7, 11) is 0. The molecule has 0 saturated carbocycles. The van der Waals surface area contributed by atoms with Crippen LogP contribution in [0.4, 0.5) is 0 Å². The summed E-state index contributed by atoms with van der Waals surface area (Å²) in [4.78, 5) is 10.6. The van der Waals surface area contributed by atoms with Crippen LogP contribution in [0.1, 0.15) is 18.1 Å². The van der Waals surface area contributed by atoms with E-state index in [-0.39, 0.29) is 12.5 Å². The van der Waals surface area contributed by atoms with Gasteiger partial charge < -0.3 is 15.7 Å². The average molecular weight is 222 g/mol. The van der Waals surface area contributed by atoms with Crippen molar-refractivity contribution in [1.29, 1.82) is 0 Å². The van der Waals surface area contributed by atoms with Crippen LogP contribution in [0.15, 0.2) is 24.3 Å². The van der Waals surface area contributed by atoms with Gasteiger partial charge in [-0.05, 0) is 11.1 Å². The maximum absolute atomic E-state index is 10.6. The van der Waals surface area contributed by atoms with Gasteiger partial charge in [0.25, 0.3) is 0 Å². The Morgan fingerprint density at radius 2 is 2.06 bits per heavy atom. The first kappa shape index (κ1) is 12.7. The highest BCUT2D eigenvalue weighted by Crippen LogP contribution is 2.04. The SMILES string of the molecule is CC(=O)NCCNCc1cccc(CO)c1. The van der Waals surface area contributed by atoms with Crippen molar-refractivity contribution >= 4 is 5.91 Å². The molecule has 0 aliphatic rings. The third-order valence-corrected chi connectivity index (χ3v) is 2.18. The Morgan fingerprint density at radius 3 is 2.75 bits per heavy atom. The van der Waals surface area contributed by atoms with Gasteiger partial charge in [-0.2, -0.15) is 0 Å². The highest BCUT2D eigenvalue weighted by molar-refractivity contribution is 5.72. The molecule has 3 N–H and O–H groups in total. The van der Waals surface area contributed by atoms with Gasteiger partial charge in [0, 0.05) is 26.6 Å². The van der Waals surface area contributed by atoms with Crippen LogP contribution >= 0.6 is 0 Å². The number of nitrogens with one attached hydrogen (secondary N) is 2. The van der Waals surface area contributed by atoms with Crippen LogP contribution in [0, 0.1) is 0 Å². The zero-order chi connectivity index (χ0) is 11.8. The number of carbonyl (C=O) groups excluding carboxylic acids is 1. The molecule has 0 fully saturated rings. The van der Waals surface area contributed by atoms with E-state index >= 15 is 0 Å². The van der Waals surface area contributed by atoms with Crippen LogP contribution in [0.5, 0.6) is 0 Å². The third-order valence-electron chi connectivity index (χ3n) is 2.18. The van der Waals surface area contributed by atoms with Crippen molar-refractivity contribution < 1.29 is 9.90 Å². The summed E-state index contributed by atoms with van der Waals surface area (Å²) < 4.78 is 0. The minimum absolute atomic E-state index is 0.0101. The Labute approximate surface area is 95.7 Å². The lowest BCUT2D eigenvalue weighted by molar-refractivity contribution is -0.118. The number of amides is 1. The Hall–Kier alpha value is -1.39. The fourth-order valence-electron chi connectivity index (χ4n) is 1.40. The molecule has 4 heteroatoms. The van der Waals surface area contributed by atoms with Gasteiger partial charge >= 0.3 is 0 Å². The van der Waals surface area contributed by atoms with Crippen molar-refractivity contribution in [2.75, 3.05) is 13.1 Å². The zero-order valence-electron chi connectivity index (χ0n) is 9.49. The number of hydrogen-bond acceptors (Lipinski definition) is 3. The van der Waals surface area contributed by atoms with Crippen molar-refractivity contribution in [3.63, 3.8) is 0 Å². The Kier molecular flexibility index (Phi) is 5.53. The molecule has 0 aliphatic carbocycles. The van der Waals surface area contributed by atoms with Crippen LogP contribution in [0.3, 0.4) is 0 Å². The minimum atomic E-state index is -0.0101. The van der Waals surface area contributed by atoms with Gasteiger partial charge in [0.2, 0.25) is 5.91 Å². The molecule has 4 nitrogen and oxygen atoms in total. The summed E-state index contributed by atoms with van der Waals surface area (Å²) in [5.41, 5.74) is 2.05. The van der Waals surface area contributed by atoms with Crippen LogP contribution in [0.25, 0.3) is 0 Å². The van der Waals surface area contributed by atoms with Gasteiger partial charge in [-0.3, -0.25) is 4.79 Å². The van der Waals surface area contributed by atoms with E-state index in [9.17, 15) is 4.79 Å². The first-order valence-electron chi connectivity index (χ1n) is 5.36. The second kappa shape index (κ2) is 6.98. The van der Waals surface area contributed by atoms with E-state index in [0.29, 0.717) is 6.54 Å². The second-order valence-corrected chi connectivity index (χ2v) is 3.64. The van der Waals surface area contributed by atoms with Gasteiger partial charge in [0.05, 0.1) is 6.61 Å². The molecule has 1 amide bonds. The van der Waals surface area contributed by atoms with E-state index in [1.165, 1.54) is 6.92 Å². The van der Waals surface area contributed by atoms with E-state index in [1.807, 2.05) is 24.3 Å². The lowest BCUT2D eigenvalue weighted by Crippen LogP contribution is -2.29. The number of carbonyl (C=O) groups is 1. The molecule has 0 atom stereocenters. The Balaban J connectivity index is 2.23. The highest BCUT2D eigenvalue weighted by atomic mass is 16.3. The summed E-state index contributed by atoms with van der Waals surface area (Å²) in [5, 5.41) is 14.9.